The van der Waals surface area contributed by atoms with Crippen LogP contribution in [-0.4, -0.2) is 9.73 Å². The number of rotatable bonds is 2. The van der Waals surface area contributed by atoms with Crippen molar-refractivity contribution in [2.45, 2.75) is 30.4 Å². The van der Waals surface area contributed by atoms with Gasteiger partial charge in [-0.05, 0) is 6.07 Å². The van der Waals surface area contributed by atoms with Crippen LogP contribution in [0.25, 0.3) is 10.6 Å². The molecule has 4 heteroatoms. The van der Waals surface area contributed by atoms with Gasteiger partial charge in [0.1, 0.15) is 5.01 Å². The fourth-order valence-electron chi connectivity index (χ4n) is 1.44. The van der Waals surface area contributed by atoms with Crippen molar-refractivity contribution in [1.29, 1.82) is 0 Å². The smallest absolute Gasteiger partial charge is 0.124 e. The molecule has 0 aliphatic rings. The maximum atomic E-state index is 6.45. The monoisotopic (exact) mass is 283 g/mol. The van der Waals surface area contributed by atoms with Crippen LogP contribution in [0.4, 0.5) is 0 Å². The molecular formula is C13H14ClNS2. The molecule has 0 N–H and O–H groups in total. The van der Waals surface area contributed by atoms with Crippen LogP contribution >= 0.6 is 34.7 Å². The van der Waals surface area contributed by atoms with Crippen molar-refractivity contribution in [3.63, 3.8) is 0 Å². The number of benzene rings is 1. The molecule has 0 saturated carbocycles. The topological polar surface area (TPSA) is 12.9 Å². The van der Waals surface area contributed by atoms with Crippen LogP contribution < -0.4 is 0 Å². The summed E-state index contributed by atoms with van der Waals surface area (Å²) < 4.78 is 0.158. The first-order chi connectivity index (χ1) is 7.97. The van der Waals surface area contributed by atoms with Crippen molar-refractivity contribution in [2.75, 3.05) is 0 Å². The van der Waals surface area contributed by atoms with Crippen molar-refractivity contribution in [2.24, 2.45) is 0 Å². The van der Waals surface area contributed by atoms with Gasteiger partial charge in [0.25, 0.3) is 0 Å². The molecule has 0 bridgehead atoms. The molecule has 0 unspecified atom stereocenters. The maximum Gasteiger partial charge on any atom is 0.124 e. The Labute approximate surface area is 115 Å². The highest BCUT2D eigenvalue weighted by molar-refractivity contribution is 8.00. The van der Waals surface area contributed by atoms with Gasteiger partial charge in [0.2, 0.25) is 0 Å². The van der Waals surface area contributed by atoms with Crippen molar-refractivity contribution < 1.29 is 0 Å². The summed E-state index contributed by atoms with van der Waals surface area (Å²) in [5, 5.41) is 3.75. The second-order valence-electron chi connectivity index (χ2n) is 4.67. The highest BCUT2D eigenvalue weighted by Gasteiger charge is 2.17. The molecule has 90 valence electrons. The fourth-order valence-corrected chi connectivity index (χ4v) is 3.50. The van der Waals surface area contributed by atoms with E-state index in [0.717, 1.165) is 20.5 Å². The predicted octanol–water partition coefficient (Wildman–Crippen LogP) is 5.35. The zero-order chi connectivity index (χ0) is 12.5. The van der Waals surface area contributed by atoms with Gasteiger partial charge in [0.05, 0.1) is 5.02 Å². The SMILES string of the molecule is CC(C)(C)Sc1cccc(-c2nccs2)c1Cl. The molecule has 0 amide bonds. The Hall–Kier alpha value is -0.510. The first-order valence-electron chi connectivity index (χ1n) is 5.35. The van der Waals surface area contributed by atoms with Crippen LogP contribution in [0.5, 0.6) is 0 Å². The lowest BCUT2D eigenvalue weighted by Gasteiger charge is -2.19. The molecule has 0 aliphatic carbocycles. The third kappa shape index (κ3) is 3.24. The predicted molar refractivity (Wildman–Crippen MR) is 78.2 cm³/mol. The van der Waals surface area contributed by atoms with E-state index in [1.165, 1.54) is 0 Å². The second kappa shape index (κ2) is 5.01. The minimum atomic E-state index is 0.158. The molecule has 17 heavy (non-hydrogen) atoms. The van der Waals surface area contributed by atoms with Gasteiger partial charge in [-0.15, -0.1) is 23.1 Å². The largest absolute Gasteiger partial charge is 0.244 e. The van der Waals surface area contributed by atoms with Crippen LogP contribution in [0.2, 0.25) is 5.02 Å². The molecule has 0 aliphatic heterocycles. The van der Waals surface area contributed by atoms with Gasteiger partial charge in [0, 0.05) is 26.8 Å². The quantitative estimate of drug-likeness (QED) is 0.689. The second-order valence-corrected chi connectivity index (χ2v) is 7.81. The number of hydrogen-bond acceptors (Lipinski definition) is 3. The number of aromatic nitrogens is 1. The molecule has 1 nitrogen and oxygen atoms in total. The lowest BCUT2D eigenvalue weighted by atomic mass is 10.2. The molecule has 1 heterocycles. The zero-order valence-corrected chi connectivity index (χ0v) is 12.4. The van der Waals surface area contributed by atoms with Gasteiger partial charge in [-0.25, -0.2) is 4.98 Å². The van der Waals surface area contributed by atoms with E-state index < -0.39 is 0 Å². The van der Waals surface area contributed by atoms with Gasteiger partial charge < -0.3 is 0 Å². The Balaban J connectivity index is 2.41. The summed E-state index contributed by atoms with van der Waals surface area (Å²) in [5.74, 6) is 0. The summed E-state index contributed by atoms with van der Waals surface area (Å²) >= 11 is 9.85. The highest BCUT2D eigenvalue weighted by Crippen LogP contribution is 2.41. The van der Waals surface area contributed by atoms with E-state index in [4.69, 9.17) is 11.6 Å². The Morgan fingerprint density at radius 2 is 2.06 bits per heavy atom. The average Bonchev–Trinajstić information content (AvgIpc) is 2.72. The first-order valence-corrected chi connectivity index (χ1v) is 7.42. The van der Waals surface area contributed by atoms with E-state index in [0.29, 0.717) is 0 Å². The van der Waals surface area contributed by atoms with Gasteiger partial charge in [-0.3, -0.25) is 0 Å². The van der Waals surface area contributed by atoms with Gasteiger partial charge >= 0.3 is 0 Å². The van der Waals surface area contributed by atoms with Crippen molar-refractivity contribution in [3.05, 3.63) is 34.8 Å². The van der Waals surface area contributed by atoms with Gasteiger partial charge in [-0.1, -0.05) is 44.5 Å². The van der Waals surface area contributed by atoms with E-state index in [2.05, 4.69) is 31.8 Å². The Morgan fingerprint density at radius 1 is 1.29 bits per heavy atom. The minimum Gasteiger partial charge on any atom is -0.244 e. The molecule has 0 fully saturated rings. The van der Waals surface area contributed by atoms with Crippen LogP contribution in [-0.2, 0) is 0 Å². The zero-order valence-electron chi connectivity index (χ0n) is 10.0. The highest BCUT2D eigenvalue weighted by atomic mass is 35.5. The average molecular weight is 284 g/mol. The Morgan fingerprint density at radius 3 is 2.65 bits per heavy atom. The molecule has 1 aromatic carbocycles. The number of thioether (sulfide) groups is 1. The summed E-state index contributed by atoms with van der Waals surface area (Å²) in [7, 11) is 0. The van der Waals surface area contributed by atoms with Crippen LogP contribution in [0.3, 0.4) is 0 Å². The number of thiazole rings is 1. The summed E-state index contributed by atoms with van der Waals surface area (Å²) in [4.78, 5) is 5.43. The third-order valence-electron chi connectivity index (χ3n) is 2.04. The van der Waals surface area contributed by atoms with Gasteiger partial charge in [-0.2, -0.15) is 0 Å². The molecular weight excluding hydrogens is 270 g/mol. The van der Waals surface area contributed by atoms with Crippen molar-refractivity contribution >= 4 is 34.7 Å². The standard InChI is InChI=1S/C13H14ClNS2/c1-13(2,3)17-10-6-4-5-9(11(10)14)12-15-7-8-16-12/h4-8H,1-3H3. The summed E-state index contributed by atoms with van der Waals surface area (Å²) in [6.07, 6.45) is 1.81. The molecule has 1 aromatic heterocycles. The molecule has 2 aromatic rings. The molecule has 0 radical (unpaired) electrons. The fraction of sp³-hybridized carbons (Fsp3) is 0.308. The van der Waals surface area contributed by atoms with Crippen LogP contribution in [0.1, 0.15) is 20.8 Å². The number of hydrogen-bond donors (Lipinski definition) is 0. The normalized spacial score (nSPS) is 11.8. The number of nitrogens with zero attached hydrogens (tertiary/aromatic N) is 1. The van der Waals surface area contributed by atoms with Crippen molar-refractivity contribution in [3.8, 4) is 10.6 Å². The lowest BCUT2D eigenvalue weighted by molar-refractivity contribution is 0.803. The van der Waals surface area contributed by atoms with E-state index in [1.54, 1.807) is 29.3 Å². The minimum absolute atomic E-state index is 0.158. The third-order valence-corrected chi connectivity index (χ3v) is 4.54. The first kappa shape index (κ1) is 12.9. The summed E-state index contributed by atoms with van der Waals surface area (Å²) in [6, 6.07) is 6.12. The van der Waals surface area contributed by atoms with Gasteiger partial charge in [0.15, 0.2) is 0 Å². The number of halogens is 1. The van der Waals surface area contributed by atoms with Crippen molar-refractivity contribution in [1.82, 2.24) is 4.98 Å². The Bertz CT molecular complexity index is 501. The van der Waals surface area contributed by atoms with Crippen LogP contribution in [0, 0.1) is 0 Å². The molecule has 0 atom stereocenters. The van der Waals surface area contributed by atoms with Crippen LogP contribution in [0.15, 0.2) is 34.7 Å². The van der Waals surface area contributed by atoms with E-state index in [1.807, 2.05) is 17.5 Å². The van der Waals surface area contributed by atoms with E-state index >= 15 is 0 Å². The van der Waals surface area contributed by atoms with E-state index in [-0.39, 0.29) is 4.75 Å². The lowest BCUT2D eigenvalue weighted by Crippen LogP contribution is -2.06. The molecule has 0 spiro atoms. The Kier molecular flexibility index (Phi) is 3.81. The maximum absolute atomic E-state index is 6.45. The molecule has 0 saturated heterocycles. The summed E-state index contributed by atoms with van der Waals surface area (Å²) in [5.41, 5.74) is 1.02. The summed E-state index contributed by atoms with van der Waals surface area (Å²) in [6.45, 7) is 6.55. The van der Waals surface area contributed by atoms with E-state index in [9.17, 15) is 0 Å². The molecule has 2 rings (SSSR count).